The normalized spacial score (nSPS) is 10.7. The van der Waals surface area contributed by atoms with Crippen molar-refractivity contribution in [2.45, 2.75) is 20.4 Å². The Bertz CT molecular complexity index is 980. The van der Waals surface area contributed by atoms with E-state index in [1.54, 1.807) is 18.2 Å². The van der Waals surface area contributed by atoms with Crippen LogP contribution in [0.1, 0.15) is 17.0 Å². The predicted molar refractivity (Wildman–Crippen MR) is 119 cm³/mol. The molecule has 0 atom stereocenters. The summed E-state index contributed by atoms with van der Waals surface area (Å²) >= 11 is 23.7. The molecule has 0 fully saturated rings. The number of halogens is 3. The summed E-state index contributed by atoms with van der Waals surface area (Å²) in [7, 11) is 0. The molecule has 2 N–H and O–H groups in total. The first-order valence-electron chi connectivity index (χ1n) is 8.15. The zero-order valence-electron chi connectivity index (χ0n) is 14.7. The number of thiocarbonyl (C=S) groups is 1. The maximum absolute atomic E-state index is 6.26. The van der Waals surface area contributed by atoms with E-state index in [1.807, 2.05) is 42.8 Å². The first-order valence-corrected chi connectivity index (χ1v) is 9.69. The van der Waals surface area contributed by atoms with Gasteiger partial charge in [0.15, 0.2) is 5.11 Å². The topological polar surface area (TPSA) is 41.9 Å². The molecule has 0 saturated heterocycles. The van der Waals surface area contributed by atoms with E-state index in [-0.39, 0.29) is 0 Å². The Morgan fingerprint density at radius 2 is 1.70 bits per heavy atom. The van der Waals surface area contributed by atoms with Gasteiger partial charge in [0.1, 0.15) is 0 Å². The lowest BCUT2D eigenvalue weighted by Gasteiger charge is -2.12. The molecule has 0 saturated carbocycles. The van der Waals surface area contributed by atoms with E-state index in [2.05, 4.69) is 15.7 Å². The average Bonchev–Trinajstić information content (AvgIpc) is 2.83. The highest BCUT2D eigenvalue weighted by atomic mass is 35.5. The third kappa shape index (κ3) is 4.93. The van der Waals surface area contributed by atoms with Crippen LogP contribution in [0.5, 0.6) is 0 Å². The smallest absolute Gasteiger partial charge is 0.175 e. The second-order valence-electron chi connectivity index (χ2n) is 6.03. The third-order valence-corrected chi connectivity index (χ3v) is 5.03. The number of aryl methyl sites for hydroxylation is 1. The van der Waals surface area contributed by atoms with Crippen molar-refractivity contribution in [3.05, 3.63) is 74.5 Å². The lowest BCUT2D eigenvalue weighted by molar-refractivity contribution is 0.659. The minimum absolute atomic E-state index is 0.428. The molecule has 8 heteroatoms. The predicted octanol–water partition coefficient (Wildman–Crippen LogP) is 6.32. The Balaban J connectivity index is 1.76. The second kappa shape index (κ2) is 8.48. The van der Waals surface area contributed by atoms with Crippen molar-refractivity contribution >= 4 is 63.5 Å². The summed E-state index contributed by atoms with van der Waals surface area (Å²) < 4.78 is 1.90. The van der Waals surface area contributed by atoms with Crippen LogP contribution in [0.4, 0.5) is 11.4 Å². The molecule has 140 valence electrons. The molecule has 0 bridgehead atoms. The van der Waals surface area contributed by atoms with Gasteiger partial charge in [-0.1, -0.05) is 53.0 Å². The van der Waals surface area contributed by atoms with Crippen LogP contribution in [0.3, 0.4) is 0 Å². The lowest BCUT2D eigenvalue weighted by Crippen LogP contribution is -2.20. The summed E-state index contributed by atoms with van der Waals surface area (Å²) in [5, 5.41) is 13.1. The van der Waals surface area contributed by atoms with Crippen molar-refractivity contribution in [3.63, 3.8) is 0 Å². The molecule has 3 aromatic rings. The molecule has 4 nitrogen and oxygen atoms in total. The fraction of sp³-hybridized carbons (Fsp3) is 0.158. The maximum Gasteiger partial charge on any atom is 0.175 e. The zero-order chi connectivity index (χ0) is 19.6. The standard InChI is InChI=1S/C19H17Cl3N4S/c1-11-18(24-19(27)23-16-8-14(20)7-15(21)9-16)12(2)26(25-11)10-13-5-3-4-6-17(13)22/h3-9H,10H2,1-2H3,(H2,23,24,27). The largest absolute Gasteiger partial charge is 0.332 e. The van der Waals surface area contributed by atoms with Crippen molar-refractivity contribution in [1.29, 1.82) is 0 Å². The molecule has 0 unspecified atom stereocenters. The molecule has 2 aromatic carbocycles. The Labute approximate surface area is 178 Å². The van der Waals surface area contributed by atoms with E-state index in [9.17, 15) is 0 Å². The van der Waals surface area contributed by atoms with Crippen LogP contribution in [0.2, 0.25) is 15.1 Å². The summed E-state index contributed by atoms with van der Waals surface area (Å²) in [5.41, 5.74) is 4.37. The number of hydrogen-bond acceptors (Lipinski definition) is 2. The summed E-state index contributed by atoms with van der Waals surface area (Å²) in [6, 6.07) is 12.9. The van der Waals surface area contributed by atoms with Gasteiger partial charge < -0.3 is 10.6 Å². The van der Waals surface area contributed by atoms with Crippen LogP contribution in [-0.4, -0.2) is 14.9 Å². The highest BCUT2D eigenvalue weighted by Gasteiger charge is 2.14. The van der Waals surface area contributed by atoms with Gasteiger partial charge >= 0.3 is 0 Å². The van der Waals surface area contributed by atoms with Crippen LogP contribution in [0, 0.1) is 13.8 Å². The van der Waals surface area contributed by atoms with Gasteiger partial charge in [-0.15, -0.1) is 0 Å². The molecule has 0 spiro atoms. The first kappa shape index (κ1) is 20.0. The van der Waals surface area contributed by atoms with Gasteiger partial charge in [-0.2, -0.15) is 5.10 Å². The fourth-order valence-corrected chi connectivity index (χ4v) is 3.66. The van der Waals surface area contributed by atoms with E-state index in [0.29, 0.717) is 27.4 Å². The van der Waals surface area contributed by atoms with Gasteiger partial charge in [-0.25, -0.2) is 0 Å². The van der Waals surface area contributed by atoms with Crippen LogP contribution < -0.4 is 10.6 Å². The third-order valence-electron chi connectivity index (χ3n) is 4.02. The van der Waals surface area contributed by atoms with Gasteiger partial charge in [-0.3, -0.25) is 4.68 Å². The van der Waals surface area contributed by atoms with Crippen molar-refractivity contribution in [1.82, 2.24) is 9.78 Å². The zero-order valence-corrected chi connectivity index (χ0v) is 17.8. The molecular weight excluding hydrogens is 423 g/mol. The fourth-order valence-electron chi connectivity index (χ4n) is 2.72. The number of nitrogens with one attached hydrogen (secondary N) is 2. The quantitative estimate of drug-likeness (QED) is 0.467. The van der Waals surface area contributed by atoms with Crippen molar-refractivity contribution in [2.24, 2.45) is 0 Å². The van der Waals surface area contributed by atoms with E-state index >= 15 is 0 Å². The summed E-state index contributed by atoms with van der Waals surface area (Å²) in [4.78, 5) is 0. The Morgan fingerprint density at radius 3 is 2.37 bits per heavy atom. The summed E-state index contributed by atoms with van der Waals surface area (Å²) in [6.07, 6.45) is 0. The van der Waals surface area contributed by atoms with Crippen molar-refractivity contribution < 1.29 is 0 Å². The van der Waals surface area contributed by atoms with Gasteiger partial charge in [0.2, 0.25) is 0 Å². The monoisotopic (exact) mass is 438 g/mol. The number of hydrogen-bond donors (Lipinski definition) is 2. The molecule has 0 aliphatic heterocycles. The van der Waals surface area contributed by atoms with Crippen LogP contribution >= 0.6 is 47.0 Å². The Morgan fingerprint density at radius 1 is 1.04 bits per heavy atom. The van der Waals surface area contributed by atoms with Gasteiger partial charge in [-0.05, 0) is 55.9 Å². The molecule has 1 aromatic heterocycles. The minimum Gasteiger partial charge on any atom is -0.332 e. The number of benzene rings is 2. The first-order chi connectivity index (χ1) is 12.8. The lowest BCUT2D eigenvalue weighted by atomic mass is 10.2. The summed E-state index contributed by atoms with van der Waals surface area (Å²) in [5.74, 6) is 0. The molecular formula is C19H17Cl3N4S. The highest BCUT2D eigenvalue weighted by molar-refractivity contribution is 7.80. The SMILES string of the molecule is Cc1nn(Cc2ccccc2Cl)c(C)c1NC(=S)Nc1cc(Cl)cc(Cl)c1. The van der Waals surface area contributed by atoms with Gasteiger partial charge in [0.25, 0.3) is 0 Å². The number of anilines is 2. The van der Waals surface area contributed by atoms with Gasteiger partial charge in [0, 0.05) is 20.8 Å². The number of aromatic nitrogens is 2. The molecule has 1 heterocycles. The summed E-state index contributed by atoms with van der Waals surface area (Å²) in [6.45, 7) is 4.49. The molecule has 0 amide bonds. The Kier molecular flexibility index (Phi) is 6.27. The number of rotatable bonds is 4. The number of nitrogens with zero attached hydrogens (tertiary/aromatic N) is 2. The van der Waals surface area contributed by atoms with Crippen LogP contribution in [0.15, 0.2) is 42.5 Å². The van der Waals surface area contributed by atoms with E-state index in [1.165, 1.54) is 0 Å². The molecule has 0 aliphatic carbocycles. The Hall–Kier alpha value is -1.79. The molecule has 27 heavy (non-hydrogen) atoms. The minimum atomic E-state index is 0.428. The van der Waals surface area contributed by atoms with Crippen molar-refractivity contribution in [3.8, 4) is 0 Å². The average molecular weight is 440 g/mol. The maximum atomic E-state index is 6.26. The van der Waals surface area contributed by atoms with Crippen molar-refractivity contribution in [2.75, 3.05) is 10.6 Å². The van der Waals surface area contributed by atoms with E-state index < -0.39 is 0 Å². The van der Waals surface area contributed by atoms with E-state index in [4.69, 9.17) is 47.0 Å². The highest BCUT2D eigenvalue weighted by Crippen LogP contribution is 2.25. The van der Waals surface area contributed by atoms with Crippen LogP contribution in [0.25, 0.3) is 0 Å². The second-order valence-corrected chi connectivity index (χ2v) is 7.72. The molecule has 0 radical (unpaired) electrons. The van der Waals surface area contributed by atoms with Crippen LogP contribution in [-0.2, 0) is 6.54 Å². The molecule has 3 rings (SSSR count). The molecule has 0 aliphatic rings. The van der Waals surface area contributed by atoms with Gasteiger partial charge in [0.05, 0.1) is 23.6 Å². The van der Waals surface area contributed by atoms with E-state index in [0.717, 1.165) is 27.7 Å².